The van der Waals surface area contributed by atoms with Crippen molar-refractivity contribution in [3.05, 3.63) is 65.2 Å². The average Bonchev–Trinajstić information content (AvgIpc) is 2.89. The topological polar surface area (TPSA) is 108 Å². The Morgan fingerprint density at radius 2 is 1.62 bits per heavy atom. The Kier molecular flexibility index (Phi) is 12.5. The number of hydrogen-bond donors (Lipinski definition) is 3. The smallest absolute Gasteiger partial charge is 0.408 e. The number of nitrogens with one attached hydrogen (secondary N) is 2. The van der Waals surface area contributed by atoms with E-state index in [0.717, 1.165) is 19.3 Å². The van der Waals surface area contributed by atoms with E-state index in [4.69, 9.17) is 11.2 Å². The Morgan fingerprint density at radius 3 is 2.19 bits per heavy atom. The number of benzene rings is 2. The standard InChI is InChI=1S/C34H47N3O5/c1-9-11-12-15-22-37(29(30(39)36-33(3,4)5)27-17-14-13-16-25(27)10-2)31(40)28(35-32(41)42-34(6,7)8)23-24-18-20-26(38)21-19-24/h2,13-14,16-21,28-29,38H,9,11-12,15,22-23H2,1,3-8H3,(H,35,41)(H,36,39). The molecule has 0 saturated carbocycles. The summed E-state index contributed by atoms with van der Waals surface area (Å²) in [6.07, 6.45) is 8.74. The van der Waals surface area contributed by atoms with Crippen LogP contribution in [0.1, 0.15) is 96.9 Å². The van der Waals surface area contributed by atoms with Crippen molar-refractivity contribution in [2.24, 2.45) is 0 Å². The first-order valence-corrected chi connectivity index (χ1v) is 14.6. The molecule has 3 N–H and O–H groups in total. The second-order valence-electron chi connectivity index (χ2n) is 12.5. The largest absolute Gasteiger partial charge is 0.508 e. The number of alkyl carbamates (subject to hydrolysis) is 1. The molecule has 0 aliphatic rings. The van der Waals surface area contributed by atoms with Crippen molar-refractivity contribution in [3.8, 4) is 18.1 Å². The van der Waals surface area contributed by atoms with Gasteiger partial charge in [0.25, 0.3) is 0 Å². The van der Waals surface area contributed by atoms with Crippen molar-refractivity contribution in [1.82, 2.24) is 15.5 Å². The summed E-state index contributed by atoms with van der Waals surface area (Å²) in [5.41, 5.74) is 0.404. The lowest BCUT2D eigenvalue weighted by Crippen LogP contribution is -2.55. The molecule has 0 bridgehead atoms. The molecule has 42 heavy (non-hydrogen) atoms. The first kappa shape index (κ1) is 34.2. The number of terminal acetylenes is 1. The van der Waals surface area contributed by atoms with E-state index >= 15 is 0 Å². The van der Waals surface area contributed by atoms with Crippen molar-refractivity contribution < 1.29 is 24.2 Å². The molecule has 8 heteroatoms. The third kappa shape index (κ3) is 11.1. The maximum atomic E-state index is 14.5. The number of aromatic hydroxyl groups is 1. The highest BCUT2D eigenvalue weighted by Gasteiger charge is 2.38. The van der Waals surface area contributed by atoms with Gasteiger partial charge in [-0.1, -0.05) is 62.4 Å². The summed E-state index contributed by atoms with van der Waals surface area (Å²) in [6, 6.07) is 11.4. The number of ether oxygens (including phenoxy) is 1. The van der Waals surface area contributed by atoms with Gasteiger partial charge in [0.2, 0.25) is 11.8 Å². The van der Waals surface area contributed by atoms with Crippen LogP contribution in [0.4, 0.5) is 4.79 Å². The summed E-state index contributed by atoms with van der Waals surface area (Å²) in [4.78, 5) is 43.0. The van der Waals surface area contributed by atoms with E-state index in [2.05, 4.69) is 23.5 Å². The molecular formula is C34H47N3O5. The minimum Gasteiger partial charge on any atom is -0.508 e. The fourth-order valence-electron chi connectivity index (χ4n) is 4.55. The van der Waals surface area contributed by atoms with Crippen LogP contribution in [0.2, 0.25) is 0 Å². The van der Waals surface area contributed by atoms with Crippen LogP contribution in [-0.2, 0) is 20.7 Å². The molecule has 0 saturated heterocycles. The molecule has 228 valence electrons. The Hall–Kier alpha value is -3.99. The van der Waals surface area contributed by atoms with Crippen molar-refractivity contribution in [2.75, 3.05) is 6.54 Å². The molecule has 2 rings (SSSR count). The van der Waals surface area contributed by atoms with Crippen LogP contribution in [0.3, 0.4) is 0 Å². The zero-order valence-corrected chi connectivity index (χ0v) is 26.1. The van der Waals surface area contributed by atoms with E-state index in [1.165, 1.54) is 17.0 Å². The maximum absolute atomic E-state index is 14.5. The van der Waals surface area contributed by atoms with Gasteiger partial charge in [-0.25, -0.2) is 4.79 Å². The maximum Gasteiger partial charge on any atom is 0.408 e. The Bertz CT molecular complexity index is 1240. The van der Waals surface area contributed by atoms with Crippen LogP contribution in [0.5, 0.6) is 5.75 Å². The molecule has 0 aromatic heterocycles. The van der Waals surface area contributed by atoms with Crippen molar-refractivity contribution >= 4 is 17.9 Å². The molecule has 8 nitrogen and oxygen atoms in total. The van der Waals surface area contributed by atoms with E-state index in [9.17, 15) is 19.5 Å². The minimum atomic E-state index is -1.06. The van der Waals surface area contributed by atoms with Crippen LogP contribution < -0.4 is 10.6 Å². The van der Waals surface area contributed by atoms with E-state index in [1.807, 2.05) is 20.8 Å². The fourth-order valence-corrected chi connectivity index (χ4v) is 4.55. The first-order valence-electron chi connectivity index (χ1n) is 14.6. The summed E-state index contributed by atoms with van der Waals surface area (Å²) >= 11 is 0. The van der Waals surface area contributed by atoms with Crippen LogP contribution >= 0.6 is 0 Å². The lowest BCUT2D eigenvalue weighted by Gasteiger charge is -2.36. The van der Waals surface area contributed by atoms with Gasteiger partial charge in [0.05, 0.1) is 0 Å². The summed E-state index contributed by atoms with van der Waals surface area (Å²) < 4.78 is 5.50. The summed E-state index contributed by atoms with van der Waals surface area (Å²) in [5, 5.41) is 15.6. The molecule has 0 aliphatic heterocycles. The lowest BCUT2D eigenvalue weighted by atomic mass is 9.95. The molecular weight excluding hydrogens is 530 g/mol. The number of rotatable bonds is 12. The SMILES string of the molecule is C#Cc1ccccc1C(C(=O)NC(C)(C)C)N(CCCCCC)C(=O)C(Cc1ccc(O)cc1)NC(=O)OC(C)(C)C. The molecule has 0 spiro atoms. The van der Waals surface area contributed by atoms with E-state index in [1.54, 1.807) is 57.2 Å². The van der Waals surface area contributed by atoms with Gasteiger partial charge in [-0.3, -0.25) is 9.59 Å². The number of phenols is 1. The Labute approximate surface area is 251 Å². The van der Waals surface area contributed by atoms with Gasteiger partial charge in [0.1, 0.15) is 23.4 Å². The van der Waals surface area contributed by atoms with E-state index in [-0.39, 0.29) is 24.6 Å². The minimum absolute atomic E-state index is 0.0871. The van der Waals surface area contributed by atoms with Crippen molar-refractivity contribution in [2.45, 2.75) is 104 Å². The highest BCUT2D eigenvalue weighted by Crippen LogP contribution is 2.28. The molecule has 0 heterocycles. The monoisotopic (exact) mass is 577 g/mol. The van der Waals surface area contributed by atoms with Gasteiger partial charge < -0.3 is 25.4 Å². The molecule has 2 unspecified atom stereocenters. The highest BCUT2D eigenvalue weighted by molar-refractivity contribution is 5.93. The number of phenolic OH excluding ortho intramolecular Hbond substituents is 1. The Balaban J connectivity index is 2.64. The van der Waals surface area contributed by atoms with Crippen LogP contribution in [0.25, 0.3) is 0 Å². The number of amides is 3. The summed E-state index contributed by atoms with van der Waals surface area (Å²) in [5.74, 6) is 1.95. The van der Waals surface area contributed by atoms with E-state index in [0.29, 0.717) is 23.1 Å². The summed E-state index contributed by atoms with van der Waals surface area (Å²) in [7, 11) is 0. The zero-order valence-electron chi connectivity index (χ0n) is 26.1. The van der Waals surface area contributed by atoms with Crippen molar-refractivity contribution in [1.29, 1.82) is 0 Å². The highest BCUT2D eigenvalue weighted by atomic mass is 16.6. The van der Waals surface area contributed by atoms with Crippen molar-refractivity contribution in [3.63, 3.8) is 0 Å². The second-order valence-corrected chi connectivity index (χ2v) is 12.5. The predicted molar refractivity (Wildman–Crippen MR) is 166 cm³/mol. The van der Waals surface area contributed by atoms with Gasteiger partial charge in [-0.05, 0) is 77.3 Å². The molecule has 2 aromatic carbocycles. The second kappa shape index (κ2) is 15.3. The van der Waals surface area contributed by atoms with Crippen LogP contribution in [-0.4, -0.2) is 51.6 Å². The van der Waals surface area contributed by atoms with Crippen LogP contribution in [0, 0.1) is 12.3 Å². The molecule has 2 atom stereocenters. The third-order valence-corrected chi connectivity index (χ3v) is 6.37. The first-order chi connectivity index (χ1) is 19.6. The van der Waals surface area contributed by atoms with Gasteiger partial charge in [-0.15, -0.1) is 6.42 Å². The number of hydrogen-bond acceptors (Lipinski definition) is 5. The lowest BCUT2D eigenvalue weighted by molar-refractivity contribution is -0.143. The Morgan fingerprint density at radius 1 is 0.976 bits per heavy atom. The number of carbonyl (C=O) groups is 3. The summed E-state index contributed by atoms with van der Waals surface area (Å²) in [6.45, 7) is 13.2. The predicted octanol–water partition coefficient (Wildman–Crippen LogP) is 5.87. The molecule has 3 amide bonds. The van der Waals surface area contributed by atoms with Gasteiger partial charge >= 0.3 is 6.09 Å². The van der Waals surface area contributed by atoms with Gasteiger partial charge in [-0.2, -0.15) is 0 Å². The molecule has 0 aliphatic carbocycles. The quantitative estimate of drug-likeness (QED) is 0.216. The molecule has 0 fully saturated rings. The molecule has 0 radical (unpaired) electrons. The van der Waals surface area contributed by atoms with Gasteiger partial charge in [0.15, 0.2) is 0 Å². The third-order valence-electron chi connectivity index (χ3n) is 6.37. The zero-order chi connectivity index (χ0) is 31.5. The average molecular weight is 578 g/mol. The fraction of sp³-hybridized carbons (Fsp3) is 0.500. The number of carbonyl (C=O) groups excluding carboxylic acids is 3. The van der Waals surface area contributed by atoms with Crippen LogP contribution in [0.15, 0.2) is 48.5 Å². The van der Waals surface area contributed by atoms with Gasteiger partial charge in [0, 0.05) is 24.1 Å². The molecule has 2 aromatic rings. The van der Waals surface area contributed by atoms with E-state index < -0.39 is 35.2 Å². The normalized spacial score (nSPS) is 12.9. The number of nitrogens with zero attached hydrogens (tertiary/aromatic N) is 1. The number of unbranched alkanes of at least 4 members (excludes halogenated alkanes) is 3.